The molecule has 25 heavy (non-hydrogen) atoms. The van der Waals surface area contributed by atoms with Gasteiger partial charge in [-0.15, -0.1) is 0 Å². The first-order valence-corrected chi connectivity index (χ1v) is 10.5. The molecule has 4 rings (SSSR count). The Morgan fingerprint density at radius 2 is 2.04 bits per heavy atom. The Hall–Kier alpha value is -1.41. The predicted molar refractivity (Wildman–Crippen MR) is 101 cm³/mol. The molecule has 1 atom stereocenters. The van der Waals surface area contributed by atoms with E-state index < -0.39 is 10.0 Å². The lowest BCUT2D eigenvalue weighted by Gasteiger charge is -2.23. The van der Waals surface area contributed by atoms with E-state index in [9.17, 15) is 8.42 Å². The van der Waals surface area contributed by atoms with Crippen LogP contribution in [-0.2, 0) is 10.0 Å². The van der Waals surface area contributed by atoms with Gasteiger partial charge in [0.25, 0.3) is 0 Å². The maximum absolute atomic E-state index is 13.2. The second-order valence-corrected chi connectivity index (χ2v) is 9.17. The molecule has 1 saturated heterocycles. The minimum atomic E-state index is -3.70. The minimum Gasteiger partial charge on any atom is -0.341 e. The number of rotatable bonds is 3. The molecule has 0 bridgehead atoms. The lowest BCUT2D eigenvalue weighted by molar-refractivity contribution is 0.386. The SMILES string of the molecule is O=S(=O)(c1ccc(Br)cc1Cl)N1CCC[C@@H]1c1nc2ccccc2[nH]1. The molecule has 1 aliphatic rings. The average Bonchev–Trinajstić information content (AvgIpc) is 3.21. The summed E-state index contributed by atoms with van der Waals surface area (Å²) in [5.41, 5.74) is 1.74. The van der Waals surface area contributed by atoms with Gasteiger partial charge >= 0.3 is 0 Å². The first kappa shape index (κ1) is 17.0. The smallest absolute Gasteiger partial charge is 0.245 e. The molecule has 0 unspecified atom stereocenters. The Kier molecular flexibility index (Phi) is 4.35. The number of nitrogens with zero attached hydrogens (tertiary/aromatic N) is 2. The fraction of sp³-hybridized carbons (Fsp3) is 0.235. The van der Waals surface area contributed by atoms with E-state index in [0.29, 0.717) is 12.4 Å². The van der Waals surface area contributed by atoms with Gasteiger partial charge in [-0.1, -0.05) is 39.7 Å². The Morgan fingerprint density at radius 1 is 1.24 bits per heavy atom. The second-order valence-electron chi connectivity index (χ2n) is 5.99. The van der Waals surface area contributed by atoms with E-state index in [0.717, 1.165) is 28.3 Å². The summed E-state index contributed by atoms with van der Waals surface area (Å²) in [5, 5.41) is 0.213. The highest BCUT2D eigenvalue weighted by molar-refractivity contribution is 9.10. The lowest BCUT2D eigenvalue weighted by Crippen LogP contribution is -2.31. The van der Waals surface area contributed by atoms with Gasteiger partial charge in [-0.2, -0.15) is 4.31 Å². The zero-order chi connectivity index (χ0) is 17.6. The first-order valence-electron chi connectivity index (χ1n) is 7.88. The fourth-order valence-electron chi connectivity index (χ4n) is 3.24. The van der Waals surface area contributed by atoms with E-state index in [1.165, 1.54) is 10.4 Å². The van der Waals surface area contributed by atoms with Crippen molar-refractivity contribution < 1.29 is 8.42 Å². The van der Waals surface area contributed by atoms with Crippen molar-refractivity contribution in [2.45, 2.75) is 23.8 Å². The van der Waals surface area contributed by atoms with Crippen LogP contribution in [-0.4, -0.2) is 29.2 Å². The zero-order valence-corrected chi connectivity index (χ0v) is 16.3. The maximum Gasteiger partial charge on any atom is 0.245 e. The monoisotopic (exact) mass is 439 g/mol. The molecule has 0 radical (unpaired) electrons. The van der Waals surface area contributed by atoms with Gasteiger partial charge in [-0.25, -0.2) is 13.4 Å². The number of aromatic nitrogens is 2. The van der Waals surface area contributed by atoms with Crippen LogP contribution in [0.15, 0.2) is 51.8 Å². The van der Waals surface area contributed by atoms with Gasteiger partial charge < -0.3 is 4.98 Å². The molecule has 1 fully saturated rings. The zero-order valence-electron chi connectivity index (χ0n) is 13.1. The molecule has 0 aliphatic carbocycles. The number of para-hydroxylation sites is 2. The van der Waals surface area contributed by atoms with E-state index in [-0.39, 0.29) is 16.0 Å². The molecule has 130 valence electrons. The number of hydrogen-bond donors (Lipinski definition) is 1. The van der Waals surface area contributed by atoms with Gasteiger partial charge in [-0.3, -0.25) is 0 Å². The van der Waals surface area contributed by atoms with Crippen LogP contribution in [0.5, 0.6) is 0 Å². The molecular weight excluding hydrogens is 426 g/mol. The molecule has 5 nitrogen and oxygen atoms in total. The summed E-state index contributed by atoms with van der Waals surface area (Å²) in [7, 11) is -3.70. The topological polar surface area (TPSA) is 66.1 Å². The van der Waals surface area contributed by atoms with Crippen molar-refractivity contribution in [3.05, 3.63) is 57.8 Å². The second kappa shape index (κ2) is 6.39. The van der Waals surface area contributed by atoms with Crippen molar-refractivity contribution in [3.63, 3.8) is 0 Å². The van der Waals surface area contributed by atoms with E-state index >= 15 is 0 Å². The highest BCUT2D eigenvalue weighted by atomic mass is 79.9. The summed E-state index contributed by atoms with van der Waals surface area (Å²) >= 11 is 9.50. The molecule has 8 heteroatoms. The van der Waals surface area contributed by atoms with Gasteiger partial charge in [0, 0.05) is 11.0 Å². The summed E-state index contributed by atoms with van der Waals surface area (Å²) in [6.45, 7) is 0.455. The Morgan fingerprint density at radius 3 is 2.80 bits per heavy atom. The van der Waals surface area contributed by atoms with Gasteiger partial charge in [0.1, 0.15) is 10.7 Å². The lowest BCUT2D eigenvalue weighted by atomic mass is 10.2. The summed E-state index contributed by atoms with van der Waals surface area (Å²) in [6, 6.07) is 12.2. The van der Waals surface area contributed by atoms with Crippen LogP contribution in [0, 0.1) is 0 Å². The van der Waals surface area contributed by atoms with Crippen LogP contribution < -0.4 is 0 Å². The first-order chi connectivity index (χ1) is 12.0. The summed E-state index contributed by atoms with van der Waals surface area (Å²) in [4.78, 5) is 7.97. The molecule has 3 aromatic rings. The number of imidazole rings is 1. The molecule has 0 amide bonds. The van der Waals surface area contributed by atoms with E-state index in [1.807, 2.05) is 24.3 Å². The third kappa shape index (κ3) is 2.99. The van der Waals surface area contributed by atoms with Crippen LogP contribution in [0.4, 0.5) is 0 Å². The van der Waals surface area contributed by atoms with Gasteiger partial charge in [0.2, 0.25) is 10.0 Å². The molecule has 0 saturated carbocycles. The Bertz CT molecular complexity index is 1020. The van der Waals surface area contributed by atoms with Crippen molar-refractivity contribution in [2.75, 3.05) is 6.54 Å². The van der Waals surface area contributed by atoms with Crippen LogP contribution in [0.3, 0.4) is 0 Å². The molecule has 1 aromatic heterocycles. The van der Waals surface area contributed by atoms with Crippen LogP contribution in [0.1, 0.15) is 24.7 Å². The Balaban J connectivity index is 1.75. The number of aromatic amines is 1. The van der Waals surface area contributed by atoms with Crippen LogP contribution in [0.2, 0.25) is 5.02 Å². The highest BCUT2D eigenvalue weighted by Crippen LogP contribution is 2.38. The molecule has 0 spiro atoms. The summed E-state index contributed by atoms with van der Waals surface area (Å²) in [6.07, 6.45) is 1.52. The quantitative estimate of drug-likeness (QED) is 0.652. The van der Waals surface area contributed by atoms with Gasteiger partial charge in [0.05, 0.1) is 22.1 Å². The number of hydrogen-bond acceptors (Lipinski definition) is 3. The molecule has 1 aliphatic heterocycles. The maximum atomic E-state index is 13.2. The van der Waals surface area contributed by atoms with Crippen molar-refractivity contribution in [1.29, 1.82) is 0 Å². The van der Waals surface area contributed by atoms with Crippen molar-refractivity contribution in [2.24, 2.45) is 0 Å². The van der Waals surface area contributed by atoms with Crippen LogP contribution >= 0.6 is 27.5 Å². The van der Waals surface area contributed by atoms with Gasteiger partial charge in [0.15, 0.2) is 0 Å². The largest absolute Gasteiger partial charge is 0.341 e. The molecule has 2 heterocycles. The number of fused-ring (bicyclic) bond motifs is 1. The van der Waals surface area contributed by atoms with Gasteiger partial charge in [-0.05, 0) is 43.2 Å². The number of sulfonamides is 1. The Labute approximate surface area is 159 Å². The highest BCUT2D eigenvalue weighted by Gasteiger charge is 2.38. The normalized spacial score (nSPS) is 18.9. The van der Waals surface area contributed by atoms with Crippen molar-refractivity contribution >= 4 is 48.6 Å². The minimum absolute atomic E-state index is 0.125. The van der Waals surface area contributed by atoms with E-state index in [4.69, 9.17) is 11.6 Å². The standard InChI is InChI=1S/C17H15BrClN3O2S/c18-11-7-8-16(12(19)10-11)25(23,24)22-9-3-6-15(22)17-20-13-4-1-2-5-14(13)21-17/h1-2,4-5,7-8,10,15H,3,6,9H2,(H,20,21)/t15-/m1/s1. The third-order valence-electron chi connectivity index (χ3n) is 4.41. The summed E-state index contributed by atoms with van der Waals surface area (Å²) in [5.74, 6) is 0.676. The fourth-order valence-corrected chi connectivity index (χ4v) is 5.92. The molecule has 2 aromatic carbocycles. The van der Waals surface area contributed by atoms with E-state index in [2.05, 4.69) is 25.9 Å². The summed E-state index contributed by atoms with van der Waals surface area (Å²) < 4.78 is 28.5. The predicted octanol–water partition coefficient (Wildman–Crippen LogP) is 4.50. The van der Waals surface area contributed by atoms with Crippen LogP contribution in [0.25, 0.3) is 11.0 Å². The third-order valence-corrected chi connectivity index (χ3v) is 7.29. The van der Waals surface area contributed by atoms with Crippen molar-refractivity contribution in [3.8, 4) is 0 Å². The number of halogens is 2. The number of benzene rings is 2. The van der Waals surface area contributed by atoms with Crippen molar-refractivity contribution in [1.82, 2.24) is 14.3 Å². The number of H-pyrrole nitrogens is 1. The average molecular weight is 441 g/mol. The molecule has 1 N–H and O–H groups in total. The number of nitrogens with one attached hydrogen (secondary N) is 1. The molecular formula is C17H15BrClN3O2S. The van der Waals surface area contributed by atoms with E-state index in [1.54, 1.807) is 12.1 Å².